The fraction of sp³-hybridized carbons (Fsp3) is 0.250. The summed E-state index contributed by atoms with van der Waals surface area (Å²) >= 11 is 1.33. The SMILES string of the molecule is CCc1nnc(-c2ccc(Oc3cc(OC(C)COC)ccc3C(=O)Nc3nccs3)cc2)o1. The number of amides is 1. The molecule has 2 heterocycles. The molecule has 4 rings (SSSR count). The van der Waals surface area contributed by atoms with Gasteiger partial charge in [-0.2, -0.15) is 0 Å². The molecule has 0 saturated heterocycles. The molecule has 0 spiro atoms. The Morgan fingerprint density at radius 1 is 1.15 bits per heavy atom. The van der Waals surface area contributed by atoms with E-state index in [1.165, 1.54) is 11.3 Å². The van der Waals surface area contributed by atoms with Crippen molar-refractivity contribution in [3.05, 3.63) is 65.5 Å². The summed E-state index contributed by atoms with van der Waals surface area (Å²) in [5, 5.41) is 13.1. The van der Waals surface area contributed by atoms with E-state index in [4.69, 9.17) is 18.6 Å². The van der Waals surface area contributed by atoms with Crippen LogP contribution in [0.4, 0.5) is 5.13 Å². The lowest BCUT2D eigenvalue weighted by molar-refractivity contribution is 0.0919. The average molecular weight is 481 g/mol. The van der Waals surface area contributed by atoms with Crippen LogP contribution in [0.2, 0.25) is 0 Å². The van der Waals surface area contributed by atoms with Crippen molar-refractivity contribution in [2.24, 2.45) is 0 Å². The lowest BCUT2D eigenvalue weighted by Crippen LogP contribution is -2.18. The van der Waals surface area contributed by atoms with Crippen LogP contribution in [0.5, 0.6) is 17.2 Å². The molecular formula is C24H24N4O5S. The summed E-state index contributed by atoms with van der Waals surface area (Å²) in [6.07, 6.45) is 2.12. The molecule has 1 unspecified atom stereocenters. The highest BCUT2D eigenvalue weighted by Crippen LogP contribution is 2.32. The molecule has 34 heavy (non-hydrogen) atoms. The minimum absolute atomic E-state index is 0.172. The summed E-state index contributed by atoms with van der Waals surface area (Å²) in [6.45, 7) is 4.27. The predicted octanol–water partition coefficient (Wildman–Crippen LogP) is 5.21. The van der Waals surface area contributed by atoms with E-state index in [0.717, 1.165) is 5.56 Å². The lowest BCUT2D eigenvalue weighted by atomic mass is 10.1. The number of nitrogens with one attached hydrogen (secondary N) is 1. The number of nitrogens with zero attached hydrogens (tertiary/aromatic N) is 3. The summed E-state index contributed by atoms with van der Waals surface area (Å²) in [4.78, 5) is 17.0. The summed E-state index contributed by atoms with van der Waals surface area (Å²) in [7, 11) is 1.61. The van der Waals surface area contributed by atoms with Gasteiger partial charge >= 0.3 is 0 Å². The molecular weight excluding hydrogens is 456 g/mol. The fourth-order valence-corrected chi connectivity index (χ4v) is 3.63. The average Bonchev–Trinajstić information content (AvgIpc) is 3.52. The highest BCUT2D eigenvalue weighted by Gasteiger charge is 2.17. The first-order chi connectivity index (χ1) is 16.6. The molecule has 0 saturated carbocycles. The van der Waals surface area contributed by atoms with E-state index in [1.54, 1.807) is 49.0 Å². The van der Waals surface area contributed by atoms with E-state index in [1.807, 2.05) is 26.0 Å². The van der Waals surface area contributed by atoms with Gasteiger partial charge in [-0.1, -0.05) is 6.92 Å². The Morgan fingerprint density at radius 2 is 1.94 bits per heavy atom. The maximum Gasteiger partial charge on any atom is 0.261 e. The topological polar surface area (TPSA) is 109 Å². The van der Waals surface area contributed by atoms with Gasteiger partial charge in [0.25, 0.3) is 5.91 Å². The molecule has 10 heteroatoms. The van der Waals surface area contributed by atoms with Crippen molar-refractivity contribution < 1.29 is 23.4 Å². The molecule has 0 aliphatic rings. The number of carbonyl (C=O) groups excluding carboxylic acids is 1. The van der Waals surface area contributed by atoms with Gasteiger partial charge in [-0.05, 0) is 43.3 Å². The number of benzene rings is 2. The number of aryl methyl sites for hydroxylation is 1. The maximum atomic E-state index is 12.9. The van der Waals surface area contributed by atoms with E-state index in [9.17, 15) is 4.79 Å². The lowest BCUT2D eigenvalue weighted by Gasteiger charge is -2.16. The van der Waals surface area contributed by atoms with Gasteiger partial charge in [0.05, 0.1) is 12.2 Å². The molecule has 9 nitrogen and oxygen atoms in total. The number of hydrogen-bond donors (Lipinski definition) is 1. The second kappa shape index (κ2) is 10.9. The van der Waals surface area contributed by atoms with Crippen molar-refractivity contribution in [1.29, 1.82) is 0 Å². The van der Waals surface area contributed by atoms with Crippen LogP contribution < -0.4 is 14.8 Å². The molecule has 0 aliphatic carbocycles. The highest BCUT2D eigenvalue weighted by molar-refractivity contribution is 7.13. The number of ether oxygens (including phenoxy) is 3. The van der Waals surface area contributed by atoms with E-state index >= 15 is 0 Å². The van der Waals surface area contributed by atoms with Gasteiger partial charge in [0.2, 0.25) is 11.8 Å². The van der Waals surface area contributed by atoms with Crippen LogP contribution in [0.25, 0.3) is 11.5 Å². The van der Waals surface area contributed by atoms with E-state index in [2.05, 4.69) is 20.5 Å². The van der Waals surface area contributed by atoms with Crippen LogP contribution in [-0.4, -0.2) is 40.9 Å². The summed E-state index contributed by atoms with van der Waals surface area (Å²) in [5.74, 6) is 2.11. The van der Waals surface area contributed by atoms with Crippen molar-refractivity contribution in [1.82, 2.24) is 15.2 Å². The molecule has 0 fully saturated rings. The monoisotopic (exact) mass is 480 g/mol. The van der Waals surface area contributed by atoms with Crippen LogP contribution >= 0.6 is 11.3 Å². The van der Waals surface area contributed by atoms with Crippen molar-refractivity contribution in [3.63, 3.8) is 0 Å². The minimum atomic E-state index is -0.337. The molecule has 176 valence electrons. The number of aromatic nitrogens is 3. The minimum Gasteiger partial charge on any atom is -0.488 e. The molecule has 0 radical (unpaired) electrons. The van der Waals surface area contributed by atoms with Crippen LogP contribution in [-0.2, 0) is 11.2 Å². The fourth-order valence-electron chi connectivity index (χ4n) is 3.10. The third-order valence-electron chi connectivity index (χ3n) is 4.69. The number of methoxy groups -OCH3 is 1. The van der Waals surface area contributed by atoms with Crippen molar-refractivity contribution in [3.8, 4) is 28.7 Å². The normalized spacial score (nSPS) is 11.7. The van der Waals surface area contributed by atoms with Crippen LogP contribution in [0.1, 0.15) is 30.1 Å². The molecule has 1 N–H and O–H groups in total. The summed E-state index contributed by atoms with van der Waals surface area (Å²) < 4.78 is 22.7. The quantitative estimate of drug-likeness (QED) is 0.329. The summed E-state index contributed by atoms with van der Waals surface area (Å²) in [5.41, 5.74) is 1.11. The number of hydrogen-bond acceptors (Lipinski definition) is 9. The smallest absolute Gasteiger partial charge is 0.261 e. The Kier molecular flexibility index (Phi) is 7.51. The molecule has 2 aromatic carbocycles. The Balaban J connectivity index is 1.58. The van der Waals surface area contributed by atoms with Gasteiger partial charge in [-0.25, -0.2) is 4.98 Å². The first-order valence-corrected chi connectivity index (χ1v) is 11.5. The molecule has 0 aliphatic heterocycles. The maximum absolute atomic E-state index is 12.9. The zero-order valence-corrected chi connectivity index (χ0v) is 19.8. The van der Waals surface area contributed by atoms with Crippen molar-refractivity contribution >= 4 is 22.4 Å². The van der Waals surface area contributed by atoms with E-state index in [0.29, 0.717) is 52.8 Å². The van der Waals surface area contributed by atoms with Crippen LogP contribution in [0, 0.1) is 0 Å². The second-order valence-corrected chi connectivity index (χ2v) is 8.21. The molecule has 1 atom stereocenters. The largest absolute Gasteiger partial charge is 0.488 e. The number of carbonyl (C=O) groups is 1. The number of rotatable bonds is 10. The Morgan fingerprint density at radius 3 is 2.62 bits per heavy atom. The van der Waals surface area contributed by atoms with Gasteiger partial charge in [-0.3, -0.25) is 10.1 Å². The van der Waals surface area contributed by atoms with Crippen LogP contribution in [0.15, 0.2) is 58.5 Å². The highest BCUT2D eigenvalue weighted by atomic mass is 32.1. The Hall–Kier alpha value is -3.76. The predicted molar refractivity (Wildman–Crippen MR) is 128 cm³/mol. The van der Waals surface area contributed by atoms with E-state index in [-0.39, 0.29) is 12.0 Å². The summed E-state index contributed by atoms with van der Waals surface area (Å²) in [6, 6.07) is 12.2. The zero-order valence-electron chi connectivity index (χ0n) is 19.0. The molecule has 1 amide bonds. The number of thiazole rings is 1. The number of anilines is 1. The Labute approximate surface area is 200 Å². The van der Waals surface area contributed by atoms with Crippen molar-refractivity contribution in [2.45, 2.75) is 26.4 Å². The third kappa shape index (κ3) is 5.77. The van der Waals surface area contributed by atoms with E-state index < -0.39 is 0 Å². The van der Waals surface area contributed by atoms with Gasteiger partial charge in [0, 0.05) is 36.7 Å². The van der Waals surface area contributed by atoms with Crippen LogP contribution in [0.3, 0.4) is 0 Å². The standard InChI is InChI=1S/C24H24N4O5S/c1-4-21-27-28-23(33-21)16-5-7-17(8-6-16)32-20-13-18(31-15(2)14-30-3)9-10-19(20)22(29)26-24-25-11-12-34-24/h5-13,15H,4,14H2,1-3H3,(H,25,26,29). The first kappa shape index (κ1) is 23.4. The van der Waals surface area contributed by atoms with Crippen molar-refractivity contribution in [2.75, 3.05) is 19.0 Å². The van der Waals surface area contributed by atoms with Gasteiger partial charge in [-0.15, -0.1) is 21.5 Å². The third-order valence-corrected chi connectivity index (χ3v) is 5.38. The Bertz CT molecular complexity index is 1220. The van der Waals surface area contributed by atoms with Gasteiger partial charge < -0.3 is 18.6 Å². The molecule has 4 aromatic rings. The zero-order chi connectivity index (χ0) is 23.9. The van der Waals surface area contributed by atoms with Gasteiger partial charge in [0.1, 0.15) is 23.4 Å². The van der Waals surface area contributed by atoms with Gasteiger partial charge in [0.15, 0.2) is 5.13 Å². The molecule has 2 aromatic heterocycles. The molecule has 0 bridgehead atoms. The second-order valence-electron chi connectivity index (χ2n) is 7.31. The first-order valence-electron chi connectivity index (χ1n) is 10.7.